The van der Waals surface area contributed by atoms with Crippen LogP contribution in [-0.4, -0.2) is 28.6 Å². The Morgan fingerprint density at radius 3 is 1.04 bits per heavy atom. The van der Waals surface area contributed by atoms with E-state index in [4.69, 9.17) is 13.3 Å². The molecule has 3 nitrogen and oxygen atoms in total. The van der Waals surface area contributed by atoms with E-state index in [0.717, 1.165) is 6.04 Å². The smallest absolute Gasteiger partial charge is 0.374 e. The van der Waals surface area contributed by atoms with Gasteiger partial charge in [-0.1, -0.05) is 51.9 Å². The molecule has 0 N–H and O–H groups in total. The summed E-state index contributed by atoms with van der Waals surface area (Å²) in [5, 5.41) is 0. The number of unbranched alkanes of at least 4 members (excludes halogenated alkanes) is 7. The van der Waals surface area contributed by atoms with Crippen molar-refractivity contribution in [3.63, 3.8) is 0 Å². The van der Waals surface area contributed by atoms with Crippen LogP contribution in [0.5, 0.6) is 0 Å². The van der Waals surface area contributed by atoms with Gasteiger partial charge in [0.2, 0.25) is 0 Å². The first-order valence-corrected chi connectivity index (χ1v) is 10.6. The van der Waals surface area contributed by atoms with Gasteiger partial charge in [0.05, 0.1) is 0 Å². The quantitative estimate of drug-likeness (QED) is 0.170. The molecule has 0 fully saturated rings. The van der Waals surface area contributed by atoms with Crippen molar-refractivity contribution in [3.05, 3.63) is 0 Å². The molecule has 11 heteroatoms. The van der Waals surface area contributed by atoms with Crippen molar-refractivity contribution in [1.29, 1.82) is 0 Å². The highest BCUT2D eigenvalue weighted by Gasteiger charge is 2.39. The molecule has 0 aliphatic heterocycles. The lowest BCUT2D eigenvalue weighted by molar-refractivity contribution is 0.0706. The van der Waals surface area contributed by atoms with Crippen LogP contribution in [0, 0.1) is 0 Å². The molecule has 0 saturated heterocycles. The first-order chi connectivity index (χ1) is 9.74. The Labute approximate surface area is 160 Å². The maximum Gasteiger partial charge on any atom is 0.500 e. The number of hydrogen-bond acceptors (Lipinski definition) is 3. The van der Waals surface area contributed by atoms with E-state index < -0.39 is 8.80 Å². The molecule has 0 rings (SSSR count). The van der Waals surface area contributed by atoms with Gasteiger partial charge >= 0.3 is 8.80 Å². The Kier molecular flexibility index (Phi) is 68.1. The molecule has 0 aromatic rings. The van der Waals surface area contributed by atoms with Crippen molar-refractivity contribution in [2.75, 3.05) is 19.8 Å². The minimum Gasteiger partial charge on any atom is -0.374 e. The summed E-state index contributed by atoms with van der Waals surface area (Å²) in [6.07, 6.45) is 10.6. The lowest BCUT2D eigenvalue weighted by atomic mass is 10.1. The van der Waals surface area contributed by atoms with Crippen molar-refractivity contribution in [2.24, 2.45) is 0 Å². The molecule has 0 aromatic carbocycles. The van der Waals surface area contributed by atoms with Crippen molar-refractivity contribution in [2.45, 2.75) is 85.1 Å². The van der Waals surface area contributed by atoms with Gasteiger partial charge in [-0.25, -0.2) is 0 Å². The molecule has 0 bridgehead atoms. The minimum absolute atomic E-state index is 0. The summed E-state index contributed by atoms with van der Waals surface area (Å²) in [6, 6.07) is 0.970. The second-order valence-electron chi connectivity index (χ2n) is 5.21. The van der Waals surface area contributed by atoms with E-state index in [9.17, 15) is 0 Å². The van der Waals surface area contributed by atoms with Gasteiger partial charge in [0.25, 0.3) is 0 Å². The van der Waals surface area contributed by atoms with E-state index in [1.807, 2.05) is 20.8 Å². The molecule has 0 spiro atoms. The van der Waals surface area contributed by atoms with E-state index in [-0.39, 0.29) is 32.9 Å². The largest absolute Gasteiger partial charge is 0.500 e. The molecule has 0 aliphatic rings. The molecule has 0 aromatic heterocycles. The Bertz CT molecular complexity index is 205. The summed E-state index contributed by atoms with van der Waals surface area (Å²) in [4.78, 5) is 0. The molecule has 0 unspecified atom stereocenters. The number of rotatable bonds is 15. The summed E-state index contributed by atoms with van der Waals surface area (Å²) in [5.74, 6) is 0. The fourth-order valence-corrected chi connectivity index (χ4v) is 5.16. The average Bonchev–Trinajstić information content (AvgIpc) is 2.43. The Balaban J connectivity index is -0.0000000860. The second kappa shape index (κ2) is 36.5. The molecule has 0 amide bonds. The van der Waals surface area contributed by atoms with Crippen molar-refractivity contribution in [1.82, 2.24) is 0 Å². The maximum atomic E-state index is 5.86. The van der Waals surface area contributed by atoms with Gasteiger partial charge in [0, 0.05) is 25.9 Å². The Morgan fingerprint density at radius 1 is 0.444 bits per heavy atom. The molecule has 0 atom stereocenters. The highest BCUT2D eigenvalue weighted by atomic mass is 28.4. The summed E-state index contributed by atoms with van der Waals surface area (Å²) in [7, 11) is -2.38. The first-order valence-electron chi connectivity index (χ1n) is 8.66. The van der Waals surface area contributed by atoms with Crippen LogP contribution in [0.4, 0.5) is 32.9 Å². The molecule has 27 heavy (non-hydrogen) atoms. The van der Waals surface area contributed by atoms with Gasteiger partial charge < -0.3 is 13.3 Å². The molecular formula is C16H43F7O3Si. The van der Waals surface area contributed by atoms with Crippen molar-refractivity contribution >= 4 is 8.80 Å². The number of hydrogen-bond donors (Lipinski definition) is 0. The minimum atomic E-state index is -2.38. The topological polar surface area (TPSA) is 27.7 Å². The third-order valence-electron chi connectivity index (χ3n) is 3.43. The van der Waals surface area contributed by atoms with E-state index in [1.165, 1.54) is 51.4 Å². The zero-order valence-corrected chi connectivity index (χ0v) is 18.1. The highest BCUT2D eigenvalue weighted by molar-refractivity contribution is 6.60. The predicted molar refractivity (Wildman–Crippen MR) is 106 cm³/mol. The molecule has 178 valence electrons. The normalized spacial score (nSPS) is 8.89. The molecule has 0 radical (unpaired) electrons. The van der Waals surface area contributed by atoms with E-state index in [2.05, 4.69) is 6.92 Å². The predicted octanol–water partition coefficient (Wildman–Crippen LogP) is 6.24. The molecular weight excluding hydrogens is 401 g/mol. The lowest BCUT2D eigenvalue weighted by Crippen LogP contribution is -2.45. The average molecular weight is 445 g/mol. The maximum absolute atomic E-state index is 5.86. The highest BCUT2D eigenvalue weighted by Crippen LogP contribution is 2.20. The fourth-order valence-electron chi connectivity index (χ4n) is 2.48. The monoisotopic (exact) mass is 444 g/mol. The van der Waals surface area contributed by atoms with Gasteiger partial charge in [-0.15, -0.1) is 0 Å². The first kappa shape index (κ1) is 50.4. The van der Waals surface area contributed by atoms with Crippen LogP contribution in [-0.2, 0) is 13.3 Å². The van der Waals surface area contributed by atoms with Crippen LogP contribution < -0.4 is 0 Å². The summed E-state index contributed by atoms with van der Waals surface area (Å²) >= 11 is 0. The van der Waals surface area contributed by atoms with Crippen molar-refractivity contribution < 1.29 is 46.2 Å². The van der Waals surface area contributed by atoms with Crippen LogP contribution in [0.1, 0.15) is 79.1 Å². The van der Waals surface area contributed by atoms with Crippen LogP contribution >= 0.6 is 0 Å². The lowest BCUT2D eigenvalue weighted by Gasteiger charge is -2.28. The summed E-state index contributed by atoms with van der Waals surface area (Å²) in [6.45, 7) is 10.4. The zero-order valence-electron chi connectivity index (χ0n) is 17.1. The fraction of sp³-hybridized carbons (Fsp3) is 1.00. The van der Waals surface area contributed by atoms with E-state index in [0.29, 0.717) is 19.8 Å². The van der Waals surface area contributed by atoms with Crippen LogP contribution in [0.15, 0.2) is 0 Å². The van der Waals surface area contributed by atoms with E-state index in [1.54, 1.807) is 0 Å². The van der Waals surface area contributed by atoms with Crippen LogP contribution in [0.3, 0.4) is 0 Å². The Hall–Kier alpha value is -0.393. The van der Waals surface area contributed by atoms with Gasteiger partial charge in [-0.3, -0.25) is 32.9 Å². The third-order valence-corrected chi connectivity index (χ3v) is 6.58. The van der Waals surface area contributed by atoms with Crippen molar-refractivity contribution in [3.8, 4) is 0 Å². The SMILES string of the molecule is CCCCCCCCCC[Si](OCC)(OCC)OCC.F.F.F.F.F.F.F. The zero-order chi connectivity index (χ0) is 15.1. The molecule has 0 aliphatic carbocycles. The summed E-state index contributed by atoms with van der Waals surface area (Å²) in [5.41, 5.74) is 0. The molecule has 0 heterocycles. The van der Waals surface area contributed by atoms with Gasteiger partial charge in [-0.05, 0) is 27.2 Å². The number of halogens is 7. The standard InChI is InChI=1S/C16H36O3Si.7FH/c1-5-9-10-11-12-13-14-15-16-20(17-6-2,18-7-3)19-8-4;;;;;;;/h5-16H2,1-4H3;7*1H. The van der Waals surface area contributed by atoms with Gasteiger partial charge in [0.15, 0.2) is 0 Å². The van der Waals surface area contributed by atoms with Crippen LogP contribution in [0.25, 0.3) is 0 Å². The van der Waals surface area contributed by atoms with Gasteiger partial charge in [0.1, 0.15) is 0 Å². The molecule has 0 saturated carbocycles. The third kappa shape index (κ3) is 27.9. The van der Waals surface area contributed by atoms with Gasteiger partial charge in [-0.2, -0.15) is 0 Å². The van der Waals surface area contributed by atoms with Crippen LogP contribution in [0.2, 0.25) is 6.04 Å². The Morgan fingerprint density at radius 2 is 0.741 bits per heavy atom. The summed E-state index contributed by atoms with van der Waals surface area (Å²) < 4.78 is 17.6. The van der Waals surface area contributed by atoms with E-state index >= 15 is 0 Å². The second-order valence-corrected chi connectivity index (χ2v) is 7.94.